The van der Waals surface area contributed by atoms with Gasteiger partial charge in [-0.3, -0.25) is 4.79 Å². The molecule has 33 heavy (non-hydrogen) atoms. The SMILES string of the molecule is CO[C@@H]1c2ccccc2O[C@H](C(CC(=O)N2Cc3ccccc3C[C@H]2CO)[Si](C)(C)O)[C@H]1C. The van der Waals surface area contributed by atoms with E-state index in [1.54, 1.807) is 12.0 Å². The van der Waals surface area contributed by atoms with E-state index in [1.807, 2.05) is 55.6 Å². The highest BCUT2D eigenvalue weighted by Gasteiger charge is 2.47. The number of aliphatic hydroxyl groups excluding tert-OH is 1. The van der Waals surface area contributed by atoms with Gasteiger partial charge in [-0.1, -0.05) is 49.4 Å². The minimum Gasteiger partial charge on any atom is -0.490 e. The highest BCUT2D eigenvalue weighted by molar-refractivity contribution is 6.71. The highest BCUT2D eigenvalue weighted by Crippen LogP contribution is 2.46. The molecule has 2 aromatic carbocycles. The predicted octanol–water partition coefficient (Wildman–Crippen LogP) is 3.67. The predicted molar refractivity (Wildman–Crippen MR) is 129 cm³/mol. The molecule has 7 heteroatoms. The molecule has 4 rings (SSSR count). The normalized spacial score (nSPS) is 25.6. The van der Waals surface area contributed by atoms with E-state index in [1.165, 1.54) is 5.56 Å². The van der Waals surface area contributed by atoms with Crippen LogP contribution in [0.4, 0.5) is 0 Å². The summed E-state index contributed by atoms with van der Waals surface area (Å²) in [5.74, 6) is 0.674. The average Bonchev–Trinajstić information content (AvgIpc) is 2.80. The number of aliphatic hydroxyl groups is 1. The molecule has 2 aromatic rings. The minimum atomic E-state index is -2.80. The van der Waals surface area contributed by atoms with Gasteiger partial charge >= 0.3 is 0 Å². The van der Waals surface area contributed by atoms with Gasteiger partial charge in [-0.25, -0.2) is 0 Å². The van der Waals surface area contributed by atoms with Crippen LogP contribution in [0.5, 0.6) is 5.75 Å². The number of ether oxygens (including phenoxy) is 2. The number of rotatable bonds is 6. The van der Waals surface area contributed by atoms with E-state index >= 15 is 0 Å². The first-order valence-corrected chi connectivity index (χ1v) is 14.7. The van der Waals surface area contributed by atoms with Gasteiger partial charge in [-0.2, -0.15) is 0 Å². The first-order chi connectivity index (χ1) is 15.7. The Bertz CT molecular complexity index is 991. The van der Waals surface area contributed by atoms with Crippen LogP contribution < -0.4 is 4.74 Å². The Morgan fingerprint density at radius 3 is 2.52 bits per heavy atom. The summed E-state index contributed by atoms with van der Waals surface area (Å²) in [5.41, 5.74) is 2.97. The number of benzene rings is 2. The molecule has 0 aromatic heterocycles. The number of methoxy groups -OCH3 is 1. The van der Waals surface area contributed by atoms with Crippen molar-refractivity contribution in [2.75, 3.05) is 13.7 Å². The Balaban J connectivity index is 1.61. The van der Waals surface area contributed by atoms with Crippen LogP contribution in [0.2, 0.25) is 18.6 Å². The third-order valence-corrected chi connectivity index (χ3v) is 9.67. The molecule has 0 radical (unpaired) electrons. The standard InChI is InChI=1S/C26H35NO5Si/c1-17-25(31-2)21-11-7-8-12-22(21)32-26(17)23(33(3,4)30)14-24(29)27-15-19-10-6-5-9-18(19)13-20(27)16-28/h5-12,17,20,23,25-26,28,30H,13-16H2,1-4H3/t17-,20-,23?,25-,26-/m0/s1. The van der Waals surface area contributed by atoms with Crippen molar-refractivity contribution in [3.05, 3.63) is 65.2 Å². The lowest BCUT2D eigenvalue weighted by Crippen LogP contribution is -2.52. The molecule has 0 spiro atoms. The van der Waals surface area contributed by atoms with Crippen molar-refractivity contribution in [1.82, 2.24) is 4.90 Å². The fraction of sp³-hybridized carbons (Fsp3) is 0.500. The van der Waals surface area contributed by atoms with Crippen molar-refractivity contribution in [3.8, 4) is 5.75 Å². The Kier molecular flexibility index (Phi) is 6.95. The van der Waals surface area contributed by atoms with Crippen molar-refractivity contribution >= 4 is 14.2 Å². The van der Waals surface area contributed by atoms with Gasteiger partial charge in [-0.05, 0) is 36.7 Å². The van der Waals surface area contributed by atoms with Gasteiger partial charge in [0.05, 0.1) is 18.8 Å². The summed E-state index contributed by atoms with van der Waals surface area (Å²) in [6.45, 7) is 6.21. The van der Waals surface area contributed by atoms with Crippen molar-refractivity contribution in [1.29, 1.82) is 0 Å². The molecule has 178 valence electrons. The molecule has 6 nitrogen and oxygen atoms in total. The number of para-hydroxylation sites is 1. The number of nitrogens with zero attached hydrogens (tertiary/aromatic N) is 1. The zero-order chi connectivity index (χ0) is 23.8. The monoisotopic (exact) mass is 469 g/mol. The zero-order valence-electron chi connectivity index (χ0n) is 19.9. The maximum Gasteiger partial charge on any atom is 0.223 e. The molecule has 1 unspecified atom stereocenters. The molecule has 0 bridgehead atoms. The maximum absolute atomic E-state index is 13.6. The number of carbonyl (C=O) groups is 1. The van der Waals surface area contributed by atoms with Crippen LogP contribution in [0.25, 0.3) is 0 Å². The van der Waals surface area contributed by atoms with Crippen LogP contribution in [-0.4, -0.2) is 54.9 Å². The maximum atomic E-state index is 13.6. The number of amides is 1. The summed E-state index contributed by atoms with van der Waals surface area (Å²) < 4.78 is 12.3. The number of fused-ring (bicyclic) bond motifs is 2. The summed E-state index contributed by atoms with van der Waals surface area (Å²) in [5, 5.41) is 10.0. The first-order valence-electron chi connectivity index (χ1n) is 11.7. The molecule has 0 aliphatic carbocycles. The lowest BCUT2D eigenvalue weighted by molar-refractivity contribution is -0.136. The molecule has 2 N–H and O–H groups in total. The first kappa shape index (κ1) is 23.9. The second-order valence-corrected chi connectivity index (χ2v) is 14.0. The van der Waals surface area contributed by atoms with Crippen molar-refractivity contribution in [3.63, 3.8) is 0 Å². The summed E-state index contributed by atoms with van der Waals surface area (Å²) in [4.78, 5) is 26.7. The number of hydrogen-bond acceptors (Lipinski definition) is 5. The third kappa shape index (κ3) is 4.73. The molecular formula is C26H35NO5Si. The van der Waals surface area contributed by atoms with E-state index in [2.05, 4.69) is 13.0 Å². The van der Waals surface area contributed by atoms with Gasteiger partial charge in [0.25, 0.3) is 0 Å². The zero-order valence-corrected chi connectivity index (χ0v) is 20.9. The Morgan fingerprint density at radius 1 is 1.18 bits per heavy atom. The molecule has 0 saturated heterocycles. The Hall–Kier alpha value is -2.19. The van der Waals surface area contributed by atoms with E-state index in [-0.39, 0.29) is 48.6 Å². The van der Waals surface area contributed by atoms with E-state index in [4.69, 9.17) is 9.47 Å². The molecule has 5 atom stereocenters. The van der Waals surface area contributed by atoms with Gasteiger partial charge in [0.1, 0.15) is 11.9 Å². The van der Waals surface area contributed by atoms with Crippen LogP contribution in [0.3, 0.4) is 0 Å². The highest BCUT2D eigenvalue weighted by atomic mass is 28.4. The molecule has 1 amide bonds. The van der Waals surface area contributed by atoms with E-state index < -0.39 is 8.32 Å². The van der Waals surface area contributed by atoms with Gasteiger partial charge in [0.15, 0.2) is 8.32 Å². The number of hydrogen-bond donors (Lipinski definition) is 2. The lowest BCUT2D eigenvalue weighted by atomic mass is 9.86. The molecule has 0 fully saturated rings. The quantitative estimate of drug-likeness (QED) is 0.631. The average molecular weight is 470 g/mol. The molecule has 2 aliphatic rings. The molecule has 2 heterocycles. The van der Waals surface area contributed by atoms with Crippen molar-refractivity contribution < 1.29 is 24.2 Å². The summed E-state index contributed by atoms with van der Waals surface area (Å²) in [6, 6.07) is 15.6. The van der Waals surface area contributed by atoms with E-state index in [0.717, 1.165) is 16.9 Å². The fourth-order valence-corrected chi connectivity index (χ4v) is 7.29. The van der Waals surface area contributed by atoms with Crippen LogP contribution in [0.1, 0.15) is 36.1 Å². The van der Waals surface area contributed by atoms with E-state index in [0.29, 0.717) is 13.0 Å². The lowest BCUT2D eigenvalue weighted by Gasteiger charge is -2.44. The topological polar surface area (TPSA) is 79.2 Å². The minimum absolute atomic E-state index is 0.0302. The van der Waals surface area contributed by atoms with Crippen LogP contribution in [0, 0.1) is 5.92 Å². The summed E-state index contributed by atoms with van der Waals surface area (Å²) >= 11 is 0. The smallest absolute Gasteiger partial charge is 0.223 e. The Labute approximate surface area is 197 Å². The van der Waals surface area contributed by atoms with Gasteiger partial charge in [0, 0.05) is 37.1 Å². The fourth-order valence-electron chi connectivity index (χ4n) is 5.44. The second-order valence-electron chi connectivity index (χ2n) is 9.93. The summed E-state index contributed by atoms with van der Waals surface area (Å²) in [7, 11) is -1.11. The van der Waals surface area contributed by atoms with Crippen molar-refractivity contribution in [2.24, 2.45) is 5.92 Å². The largest absolute Gasteiger partial charge is 0.490 e. The van der Waals surface area contributed by atoms with Gasteiger partial charge in [0.2, 0.25) is 5.91 Å². The molecular weight excluding hydrogens is 434 g/mol. The van der Waals surface area contributed by atoms with Crippen LogP contribution >= 0.6 is 0 Å². The third-order valence-electron chi connectivity index (χ3n) is 7.32. The summed E-state index contributed by atoms with van der Waals surface area (Å²) in [6.07, 6.45) is 0.312. The Morgan fingerprint density at radius 2 is 1.85 bits per heavy atom. The van der Waals surface area contributed by atoms with Crippen LogP contribution in [-0.2, 0) is 22.5 Å². The number of carbonyl (C=O) groups excluding carboxylic acids is 1. The van der Waals surface area contributed by atoms with E-state index in [9.17, 15) is 14.7 Å². The second kappa shape index (κ2) is 9.58. The van der Waals surface area contributed by atoms with Gasteiger partial charge in [-0.15, -0.1) is 0 Å². The van der Waals surface area contributed by atoms with Crippen molar-refractivity contribution in [2.45, 2.75) is 63.2 Å². The van der Waals surface area contributed by atoms with Crippen LogP contribution in [0.15, 0.2) is 48.5 Å². The molecule has 0 saturated carbocycles. The molecule has 2 aliphatic heterocycles. The van der Waals surface area contributed by atoms with Gasteiger partial charge < -0.3 is 24.3 Å².